The first kappa shape index (κ1) is 29.0. The Kier molecular flexibility index (Phi) is 6.78. The van der Waals surface area contributed by atoms with Crippen LogP contribution in [0, 0.1) is 0 Å². The second-order valence-electron chi connectivity index (χ2n) is 12.9. The summed E-state index contributed by atoms with van der Waals surface area (Å²) in [5, 5.41) is 6.71. The van der Waals surface area contributed by atoms with Gasteiger partial charge in [0.05, 0.1) is 0 Å². The van der Waals surface area contributed by atoms with Crippen LogP contribution in [-0.4, -0.2) is 15.0 Å². The van der Waals surface area contributed by atoms with Crippen molar-refractivity contribution in [3.8, 4) is 56.4 Å². The van der Waals surface area contributed by atoms with E-state index in [2.05, 4.69) is 146 Å². The first-order valence-electron chi connectivity index (χ1n) is 17.1. The molecule has 0 fully saturated rings. The van der Waals surface area contributed by atoms with E-state index in [-0.39, 0.29) is 0 Å². The molecule has 51 heavy (non-hydrogen) atoms. The highest BCUT2D eigenvalue weighted by molar-refractivity contribution is 6.10. The molecule has 0 amide bonds. The topological polar surface area (TPSA) is 51.8 Å². The molecule has 0 aliphatic rings. The summed E-state index contributed by atoms with van der Waals surface area (Å²) in [5.74, 6) is 1.87. The standard InChI is InChI=1S/C47H29N3O/c1-3-11-30(12-4-1)31-19-21-33(22-20-31)45-48-46(36-24-23-34-29-44-42(27-37(34)26-36)40-17-9-10-18-43(40)51-44)50-47(49-45)38-25-35-15-7-8-16-39(35)41(28-38)32-13-5-2-6-14-32/h1-29H. The Morgan fingerprint density at radius 1 is 0.294 bits per heavy atom. The Labute approximate surface area is 294 Å². The van der Waals surface area contributed by atoms with Crippen LogP contribution in [0.15, 0.2) is 180 Å². The highest BCUT2D eigenvalue weighted by Crippen LogP contribution is 2.36. The number of para-hydroxylation sites is 1. The van der Waals surface area contributed by atoms with Crippen LogP contribution in [0.25, 0.3) is 99.9 Å². The van der Waals surface area contributed by atoms with E-state index in [9.17, 15) is 0 Å². The number of nitrogens with zero attached hydrogens (tertiary/aromatic N) is 3. The van der Waals surface area contributed by atoms with Crippen LogP contribution >= 0.6 is 0 Å². The van der Waals surface area contributed by atoms with Crippen molar-refractivity contribution in [3.05, 3.63) is 176 Å². The van der Waals surface area contributed by atoms with Crippen LogP contribution in [0.1, 0.15) is 0 Å². The van der Waals surface area contributed by atoms with Crippen molar-refractivity contribution < 1.29 is 4.42 Å². The van der Waals surface area contributed by atoms with Crippen molar-refractivity contribution in [2.24, 2.45) is 0 Å². The van der Waals surface area contributed by atoms with Crippen molar-refractivity contribution in [2.75, 3.05) is 0 Å². The fourth-order valence-corrected chi connectivity index (χ4v) is 7.11. The van der Waals surface area contributed by atoms with Gasteiger partial charge in [0.15, 0.2) is 17.5 Å². The number of rotatable bonds is 5. The molecule has 4 heteroatoms. The molecular weight excluding hydrogens is 623 g/mol. The molecule has 0 aliphatic heterocycles. The smallest absolute Gasteiger partial charge is 0.164 e. The van der Waals surface area contributed by atoms with Gasteiger partial charge in [0, 0.05) is 27.5 Å². The van der Waals surface area contributed by atoms with Gasteiger partial charge in [-0.05, 0) is 80.2 Å². The average molecular weight is 652 g/mol. The van der Waals surface area contributed by atoms with Crippen LogP contribution in [0.4, 0.5) is 0 Å². The van der Waals surface area contributed by atoms with Gasteiger partial charge < -0.3 is 4.42 Å². The molecule has 0 bridgehead atoms. The summed E-state index contributed by atoms with van der Waals surface area (Å²) in [6.45, 7) is 0. The van der Waals surface area contributed by atoms with E-state index in [4.69, 9.17) is 19.4 Å². The van der Waals surface area contributed by atoms with E-state index < -0.39 is 0 Å². The van der Waals surface area contributed by atoms with E-state index in [0.29, 0.717) is 17.5 Å². The van der Waals surface area contributed by atoms with Gasteiger partial charge >= 0.3 is 0 Å². The van der Waals surface area contributed by atoms with Gasteiger partial charge in [-0.25, -0.2) is 15.0 Å². The van der Waals surface area contributed by atoms with Crippen molar-refractivity contribution in [3.63, 3.8) is 0 Å². The molecule has 4 nitrogen and oxygen atoms in total. The zero-order chi connectivity index (χ0) is 33.7. The summed E-state index contributed by atoms with van der Waals surface area (Å²) in [7, 11) is 0. The molecule has 0 saturated heterocycles. The van der Waals surface area contributed by atoms with Crippen molar-refractivity contribution in [1.82, 2.24) is 15.0 Å². The fourth-order valence-electron chi connectivity index (χ4n) is 7.11. The second-order valence-corrected chi connectivity index (χ2v) is 12.9. The second kappa shape index (κ2) is 11.9. The summed E-state index contributed by atoms with van der Waals surface area (Å²) in [6, 6.07) is 61.2. The zero-order valence-corrected chi connectivity index (χ0v) is 27.5. The molecule has 0 atom stereocenters. The SMILES string of the molecule is c1ccc(-c2ccc(-c3nc(-c4ccc5cc6oc7ccccc7c6cc5c4)nc(-c4cc(-c5ccccc5)c5ccccc5c4)n3)cc2)cc1. The number of hydrogen-bond donors (Lipinski definition) is 0. The number of benzene rings is 8. The van der Waals surface area contributed by atoms with E-state index in [1.54, 1.807) is 0 Å². The van der Waals surface area contributed by atoms with Gasteiger partial charge in [-0.1, -0.05) is 140 Å². The monoisotopic (exact) mass is 651 g/mol. The molecule has 0 N–H and O–H groups in total. The number of aromatic nitrogens is 3. The maximum absolute atomic E-state index is 6.18. The van der Waals surface area contributed by atoms with Crippen LogP contribution in [-0.2, 0) is 0 Å². The molecular formula is C47H29N3O. The van der Waals surface area contributed by atoms with E-state index in [1.807, 2.05) is 30.3 Å². The highest BCUT2D eigenvalue weighted by Gasteiger charge is 2.16. The lowest BCUT2D eigenvalue weighted by Crippen LogP contribution is -2.00. The quantitative estimate of drug-likeness (QED) is 0.186. The molecule has 10 aromatic rings. The van der Waals surface area contributed by atoms with E-state index in [0.717, 1.165) is 71.5 Å². The lowest BCUT2D eigenvalue weighted by atomic mass is 9.95. The average Bonchev–Trinajstić information content (AvgIpc) is 3.57. The number of hydrogen-bond acceptors (Lipinski definition) is 4. The minimum absolute atomic E-state index is 0.621. The van der Waals surface area contributed by atoms with Gasteiger partial charge in [0.1, 0.15) is 11.2 Å². The Balaban J connectivity index is 1.16. The Morgan fingerprint density at radius 3 is 1.65 bits per heavy atom. The fraction of sp³-hybridized carbons (Fsp3) is 0. The zero-order valence-electron chi connectivity index (χ0n) is 27.5. The molecule has 0 saturated carbocycles. The van der Waals surface area contributed by atoms with E-state index in [1.165, 1.54) is 10.9 Å². The largest absolute Gasteiger partial charge is 0.456 e. The molecule has 0 aliphatic carbocycles. The van der Waals surface area contributed by atoms with Crippen molar-refractivity contribution >= 4 is 43.5 Å². The summed E-state index contributed by atoms with van der Waals surface area (Å²) in [6.07, 6.45) is 0. The van der Waals surface area contributed by atoms with Gasteiger partial charge in [-0.3, -0.25) is 0 Å². The van der Waals surface area contributed by atoms with Gasteiger partial charge in [0.2, 0.25) is 0 Å². The van der Waals surface area contributed by atoms with Gasteiger partial charge in [-0.15, -0.1) is 0 Å². The Hall–Kier alpha value is -6.91. The molecule has 2 aromatic heterocycles. The molecule has 0 radical (unpaired) electrons. The lowest BCUT2D eigenvalue weighted by Gasteiger charge is -2.13. The maximum Gasteiger partial charge on any atom is 0.164 e. The Bertz CT molecular complexity index is 2900. The van der Waals surface area contributed by atoms with Crippen LogP contribution in [0.5, 0.6) is 0 Å². The molecule has 0 spiro atoms. The summed E-state index contributed by atoms with van der Waals surface area (Å²) >= 11 is 0. The number of fused-ring (bicyclic) bond motifs is 5. The molecule has 0 unspecified atom stereocenters. The van der Waals surface area contributed by atoms with Gasteiger partial charge in [-0.2, -0.15) is 0 Å². The van der Waals surface area contributed by atoms with Crippen LogP contribution in [0.3, 0.4) is 0 Å². The predicted octanol–water partition coefficient (Wildman–Crippen LogP) is 12.4. The third kappa shape index (κ3) is 5.22. The third-order valence-electron chi connectivity index (χ3n) is 9.68. The van der Waals surface area contributed by atoms with Crippen LogP contribution in [0.2, 0.25) is 0 Å². The normalized spacial score (nSPS) is 11.5. The number of furan rings is 1. The van der Waals surface area contributed by atoms with Crippen LogP contribution < -0.4 is 0 Å². The highest BCUT2D eigenvalue weighted by atomic mass is 16.3. The summed E-state index contributed by atoms with van der Waals surface area (Å²) in [4.78, 5) is 15.4. The molecule has 2 heterocycles. The third-order valence-corrected chi connectivity index (χ3v) is 9.68. The molecule has 238 valence electrons. The first-order chi connectivity index (χ1) is 25.2. The minimum Gasteiger partial charge on any atom is -0.456 e. The molecule has 10 rings (SSSR count). The lowest BCUT2D eigenvalue weighted by molar-refractivity contribution is 0.669. The maximum atomic E-state index is 6.18. The summed E-state index contributed by atoms with van der Waals surface area (Å²) < 4.78 is 6.18. The first-order valence-corrected chi connectivity index (χ1v) is 17.1. The summed E-state index contributed by atoms with van der Waals surface area (Å²) in [5.41, 5.74) is 9.15. The van der Waals surface area contributed by atoms with Crippen molar-refractivity contribution in [2.45, 2.75) is 0 Å². The minimum atomic E-state index is 0.621. The van der Waals surface area contributed by atoms with Crippen molar-refractivity contribution in [1.29, 1.82) is 0 Å². The van der Waals surface area contributed by atoms with Gasteiger partial charge in [0.25, 0.3) is 0 Å². The molecule has 8 aromatic carbocycles. The Morgan fingerprint density at radius 2 is 0.863 bits per heavy atom. The van der Waals surface area contributed by atoms with E-state index >= 15 is 0 Å². The predicted molar refractivity (Wildman–Crippen MR) is 209 cm³/mol.